The molecule has 0 aromatic rings. The van der Waals surface area contributed by atoms with Crippen LogP contribution in [-0.2, 0) is 4.74 Å². The van der Waals surface area contributed by atoms with Gasteiger partial charge in [-0.15, -0.1) is 0 Å². The largest absolute Gasteiger partial charge is 0.475 e. The third-order valence-corrected chi connectivity index (χ3v) is 1.96. The van der Waals surface area contributed by atoms with E-state index in [2.05, 4.69) is 4.99 Å². The second-order valence-corrected chi connectivity index (χ2v) is 4.32. The summed E-state index contributed by atoms with van der Waals surface area (Å²) in [7, 11) is 0. The third-order valence-electron chi connectivity index (χ3n) is 1.96. The van der Waals surface area contributed by atoms with E-state index < -0.39 is 5.60 Å². The van der Waals surface area contributed by atoms with Crippen LogP contribution in [0.5, 0.6) is 0 Å². The second kappa shape index (κ2) is 4.00. The van der Waals surface area contributed by atoms with Gasteiger partial charge in [0.1, 0.15) is 12.4 Å². The molecule has 0 fully saturated rings. The molecular weight excluding hydrogens is 180 g/mol. The molecule has 1 atom stereocenters. The van der Waals surface area contributed by atoms with Crippen molar-refractivity contribution in [3.63, 3.8) is 0 Å². The number of nitrogens with two attached hydrogens (primary N) is 1. The first-order valence-electron chi connectivity index (χ1n) is 4.78. The highest BCUT2D eigenvalue weighted by Crippen LogP contribution is 2.16. The summed E-state index contributed by atoms with van der Waals surface area (Å²) in [5, 5.41) is 9.43. The van der Waals surface area contributed by atoms with E-state index in [9.17, 15) is 5.11 Å². The highest BCUT2D eigenvalue weighted by atomic mass is 16.5. The van der Waals surface area contributed by atoms with E-state index in [1.807, 2.05) is 13.0 Å². The highest BCUT2D eigenvalue weighted by Gasteiger charge is 2.17. The molecule has 0 radical (unpaired) electrons. The highest BCUT2D eigenvalue weighted by molar-refractivity contribution is 5.84. The van der Waals surface area contributed by atoms with Gasteiger partial charge in [0.05, 0.1) is 5.60 Å². The summed E-state index contributed by atoms with van der Waals surface area (Å²) in [4.78, 5) is 4.09. The van der Waals surface area contributed by atoms with Gasteiger partial charge in [0, 0.05) is 5.92 Å². The predicted octanol–water partition coefficient (Wildman–Crippen LogP) is 1.01. The fourth-order valence-electron chi connectivity index (χ4n) is 1.02. The number of hydrogen-bond donors (Lipinski definition) is 2. The second-order valence-electron chi connectivity index (χ2n) is 4.32. The molecular formula is C10H18N2O2. The smallest absolute Gasteiger partial charge is 0.210 e. The molecule has 0 spiro atoms. The molecule has 4 nitrogen and oxygen atoms in total. The number of allylic oxidation sites excluding steroid dienone is 1. The molecule has 0 amide bonds. The molecule has 1 heterocycles. The van der Waals surface area contributed by atoms with E-state index in [0.717, 1.165) is 6.42 Å². The van der Waals surface area contributed by atoms with Gasteiger partial charge in [-0.3, -0.25) is 0 Å². The maximum atomic E-state index is 9.43. The van der Waals surface area contributed by atoms with Crippen LogP contribution in [0.25, 0.3) is 0 Å². The zero-order valence-electron chi connectivity index (χ0n) is 8.95. The summed E-state index contributed by atoms with van der Waals surface area (Å²) in [6, 6.07) is 0. The van der Waals surface area contributed by atoms with Crippen molar-refractivity contribution in [1.82, 2.24) is 0 Å². The Morgan fingerprint density at radius 2 is 2.36 bits per heavy atom. The van der Waals surface area contributed by atoms with Gasteiger partial charge in [0.2, 0.25) is 5.88 Å². The summed E-state index contributed by atoms with van der Waals surface area (Å²) in [5.41, 5.74) is 4.84. The van der Waals surface area contributed by atoms with Gasteiger partial charge >= 0.3 is 0 Å². The summed E-state index contributed by atoms with van der Waals surface area (Å²) in [6.45, 7) is 5.62. The minimum atomic E-state index is -0.839. The van der Waals surface area contributed by atoms with Crippen molar-refractivity contribution in [2.24, 2.45) is 16.6 Å². The molecule has 0 saturated heterocycles. The van der Waals surface area contributed by atoms with Crippen molar-refractivity contribution in [3.05, 3.63) is 12.0 Å². The van der Waals surface area contributed by atoms with Gasteiger partial charge in [-0.05, 0) is 26.3 Å². The molecule has 3 N–H and O–H groups in total. The number of nitrogens with zero attached hydrogens (tertiary/aromatic N) is 1. The summed E-state index contributed by atoms with van der Waals surface area (Å²) < 4.78 is 5.31. The molecule has 14 heavy (non-hydrogen) atoms. The van der Waals surface area contributed by atoms with Crippen LogP contribution >= 0.6 is 0 Å². The summed E-state index contributed by atoms with van der Waals surface area (Å²) >= 11 is 0. The molecule has 1 unspecified atom stereocenters. The van der Waals surface area contributed by atoms with Gasteiger partial charge in [-0.1, -0.05) is 6.92 Å². The molecule has 1 aliphatic heterocycles. The monoisotopic (exact) mass is 198 g/mol. The predicted molar refractivity (Wildman–Crippen MR) is 55.7 cm³/mol. The Bertz CT molecular complexity index is 264. The van der Waals surface area contributed by atoms with E-state index in [1.165, 1.54) is 0 Å². The lowest BCUT2D eigenvalue weighted by atomic mass is 10.1. The average Bonchev–Trinajstić information content (AvgIpc) is 2.06. The van der Waals surface area contributed by atoms with Crippen molar-refractivity contribution in [2.45, 2.75) is 32.8 Å². The first-order valence-corrected chi connectivity index (χ1v) is 4.78. The zero-order valence-corrected chi connectivity index (χ0v) is 8.95. The number of amidine groups is 1. The number of ether oxygens (including phenoxy) is 1. The summed E-state index contributed by atoms with van der Waals surface area (Å²) in [6.07, 6.45) is 2.74. The van der Waals surface area contributed by atoms with Crippen molar-refractivity contribution >= 4 is 5.84 Å². The quantitative estimate of drug-likeness (QED) is 0.711. The van der Waals surface area contributed by atoms with Crippen LogP contribution in [0.4, 0.5) is 0 Å². The van der Waals surface area contributed by atoms with Crippen molar-refractivity contribution in [2.75, 3.05) is 6.61 Å². The lowest BCUT2D eigenvalue weighted by Gasteiger charge is -2.20. The van der Waals surface area contributed by atoms with E-state index in [1.54, 1.807) is 13.8 Å². The first kappa shape index (κ1) is 11.0. The van der Waals surface area contributed by atoms with Crippen molar-refractivity contribution < 1.29 is 9.84 Å². The standard InChI is InChI=1S/C10H18N2O2/c1-7-4-5-8(12-9(7)11)14-6-10(2,3)13/h5,7,13H,4,6H2,1-3H3,(H2,11,12). The number of rotatable bonds is 3. The van der Waals surface area contributed by atoms with Gasteiger partial charge in [-0.2, -0.15) is 0 Å². The van der Waals surface area contributed by atoms with E-state index in [-0.39, 0.29) is 12.5 Å². The first-order chi connectivity index (χ1) is 6.38. The van der Waals surface area contributed by atoms with Gasteiger partial charge in [0.15, 0.2) is 0 Å². The Hall–Kier alpha value is -1.03. The Morgan fingerprint density at radius 1 is 1.71 bits per heavy atom. The Balaban J connectivity index is 2.48. The Morgan fingerprint density at radius 3 is 2.86 bits per heavy atom. The van der Waals surface area contributed by atoms with Gasteiger partial charge < -0.3 is 15.6 Å². The van der Waals surface area contributed by atoms with Gasteiger partial charge in [0.25, 0.3) is 0 Å². The molecule has 0 aromatic heterocycles. The Kier molecular flexibility index (Phi) is 3.16. The van der Waals surface area contributed by atoms with E-state index >= 15 is 0 Å². The van der Waals surface area contributed by atoms with E-state index in [4.69, 9.17) is 10.5 Å². The lowest BCUT2D eigenvalue weighted by Crippen LogP contribution is -2.28. The van der Waals surface area contributed by atoms with Crippen LogP contribution in [0.1, 0.15) is 27.2 Å². The molecule has 4 heteroatoms. The summed E-state index contributed by atoms with van der Waals surface area (Å²) in [5.74, 6) is 1.39. The number of aliphatic imine (C=N–C) groups is 1. The molecule has 0 aliphatic carbocycles. The fourth-order valence-corrected chi connectivity index (χ4v) is 1.02. The van der Waals surface area contributed by atoms with Gasteiger partial charge in [-0.25, -0.2) is 4.99 Å². The van der Waals surface area contributed by atoms with Crippen LogP contribution in [0.2, 0.25) is 0 Å². The zero-order chi connectivity index (χ0) is 10.8. The topological polar surface area (TPSA) is 67.8 Å². The van der Waals surface area contributed by atoms with E-state index in [0.29, 0.717) is 11.7 Å². The minimum absolute atomic E-state index is 0.226. The molecule has 1 aliphatic rings. The molecule has 0 bridgehead atoms. The fraction of sp³-hybridized carbons (Fsp3) is 0.700. The number of aliphatic hydroxyl groups is 1. The normalized spacial score (nSPS) is 22.7. The SMILES string of the molecule is CC1CC=C(OCC(C)(C)O)N=C1N. The van der Waals surface area contributed by atoms with Crippen molar-refractivity contribution in [3.8, 4) is 0 Å². The minimum Gasteiger partial charge on any atom is -0.475 e. The maximum absolute atomic E-state index is 9.43. The van der Waals surface area contributed by atoms with Crippen LogP contribution in [0.3, 0.4) is 0 Å². The average molecular weight is 198 g/mol. The number of hydrogen-bond acceptors (Lipinski definition) is 4. The maximum Gasteiger partial charge on any atom is 0.210 e. The molecule has 0 saturated carbocycles. The van der Waals surface area contributed by atoms with Crippen LogP contribution in [0, 0.1) is 5.92 Å². The van der Waals surface area contributed by atoms with Crippen LogP contribution < -0.4 is 5.73 Å². The van der Waals surface area contributed by atoms with Crippen LogP contribution in [-0.4, -0.2) is 23.2 Å². The van der Waals surface area contributed by atoms with Crippen LogP contribution in [0.15, 0.2) is 17.0 Å². The lowest BCUT2D eigenvalue weighted by molar-refractivity contribution is 0.00210. The molecule has 1 rings (SSSR count). The van der Waals surface area contributed by atoms with Crippen molar-refractivity contribution in [1.29, 1.82) is 0 Å². The molecule has 80 valence electrons. The Labute approximate surface area is 84.5 Å². The molecule has 0 aromatic carbocycles. The third kappa shape index (κ3) is 3.38.